The second-order valence-corrected chi connectivity index (χ2v) is 11.6. The fourth-order valence-corrected chi connectivity index (χ4v) is 5.29. The average Bonchev–Trinajstić information content (AvgIpc) is 3.50. The van der Waals surface area contributed by atoms with Crippen LogP contribution in [0.5, 0.6) is 0 Å². The number of nitrogens with zero attached hydrogens (tertiary/aromatic N) is 3. The maximum atomic E-state index is 13.1. The van der Waals surface area contributed by atoms with Crippen molar-refractivity contribution in [1.29, 1.82) is 0 Å². The predicted octanol–water partition coefficient (Wildman–Crippen LogP) is 4.36. The molecule has 1 saturated heterocycles. The van der Waals surface area contributed by atoms with E-state index < -0.39 is 11.2 Å². The van der Waals surface area contributed by atoms with Crippen LogP contribution in [-0.4, -0.2) is 68.9 Å². The van der Waals surface area contributed by atoms with Crippen LogP contribution < -0.4 is 5.32 Å². The minimum Gasteiger partial charge on any atom is -0.444 e. The van der Waals surface area contributed by atoms with Gasteiger partial charge < -0.3 is 24.8 Å². The minimum atomic E-state index is -0.597. The molecule has 2 N–H and O–H groups in total. The van der Waals surface area contributed by atoms with Crippen LogP contribution in [0.25, 0.3) is 16.0 Å². The van der Waals surface area contributed by atoms with Crippen LogP contribution in [0.3, 0.4) is 0 Å². The number of imidazole rings is 1. The molecule has 3 heterocycles. The average molecular weight is 517 g/mol. The normalized spacial score (nSPS) is 18.1. The number of nitrogens with one attached hydrogen (secondary N) is 1. The second kappa shape index (κ2) is 10.7. The van der Waals surface area contributed by atoms with Crippen LogP contribution in [0.2, 0.25) is 0 Å². The summed E-state index contributed by atoms with van der Waals surface area (Å²) in [6, 6.07) is 5.93. The van der Waals surface area contributed by atoms with Gasteiger partial charge >= 0.3 is 6.09 Å². The Kier molecular flexibility index (Phi) is 7.87. The quantitative estimate of drug-likeness (QED) is 0.410. The molecule has 3 aromatic rings. The van der Waals surface area contributed by atoms with Gasteiger partial charge in [0.25, 0.3) is 5.91 Å². The first-order valence-electron chi connectivity index (χ1n) is 12.5. The molecule has 1 aliphatic rings. The van der Waals surface area contributed by atoms with E-state index >= 15 is 0 Å². The molecule has 9 nitrogen and oxygen atoms in total. The lowest BCUT2D eigenvalue weighted by molar-refractivity contribution is -0.0260. The lowest BCUT2D eigenvalue weighted by Crippen LogP contribution is -2.45. The van der Waals surface area contributed by atoms with E-state index in [0.717, 1.165) is 40.8 Å². The fraction of sp³-hybridized carbons (Fsp3) is 0.577. The van der Waals surface area contributed by atoms with Gasteiger partial charge in [-0.1, -0.05) is 17.4 Å². The van der Waals surface area contributed by atoms with Crippen molar-refractivity contribution in [3.8, 4) is 0 Å². The van der Waals surface area contributed by atoms with Crippen molar-refractivity contribution in [2.75, 3.05) is 26.3 Å². The van der Waals surface area contributed by atoms with Gasteiger partial charge in [-0.15, -0.1) is 0 Å². The number of aliphatic hydroxyl groups excluding tert-OH is 1. The monoisotopic (exact) mass is 516 g/mol. The van der Waals surface area contributed by atoms with E-state index in [4.69, 9.17) is 14.6 Å². The molecule has 1 atom stereocenters. The van der Waals surface area contributed by atoms with E-state index in [1.807, 2.05) is 50.3 Å². The summed E-state index contributed by atoms with van der Waals surface area (Å²) in [7, 11) is 0. The summed E-state index contributed by atoms with van der Waals surface area (Å²) < 4.78 is 13.6. The number of unbranched alkanes of at least 4 members (excludes halogenated alkanes) is 1. The number of carbonyl (C=O) groups excluding carboxylic acids is 2. The zero-order valence-electron chi connectivity index (χ0n) is 21.5. The van der Waals surface area contributed by atoms with E-state index in [9.17, 15) is 9.59 Å². The van der Waals surface area contributed by atoms with Gasteiger partial charge in [0.05, 0.1) is 23.2 Å². The molecular weight excluding hydrogens is 480 g/mol. The number of aromatic nitrogens is 2. The largest absolute Gasteiger partial charge is 0.444 e. The van der Waals surface area contributed by atoms with Crippen molar-refractivity contribution in [3.05, 3.63) is 34.8 Å². The van der Waals surface area contributed by atoms with Gasteiger partial charge in [-0.05, 0) is 71.1 Å². The van der Waals surface area contributed by atoms with Gasteiger partial charge in [-0.2, -0.15) is 0 Å². The van der Waals surface area contributed by atoms with Crippen LogP contribution in [-0.2, 0) is 16.0 Å². The molecule has 10 heteroatoms. The molecule has 196 valence electrons. The molecule has 0 radical (unpaired) electrons. The number of benzene rings is 1. The summed E-state index contributed by atoms with van der Waals surface area (Å²) in [5.41, 5.74) is 1.66. The van der Waals surface area contributed by atoms with Gasteiger partial charge in [-0.25, -0.2) is 9.78 Å². The Hall–Kier alpha value is -2.69. The predicted molar refractivity (Wildman–Crippen MR) is 139 cm³/mol. The van der Waals surface area contributed by atoms with Crippen LogP contribution in [0.15, 0.2) is 24.4 Å². The van der Waals surface area contributed by atoms with E-state index in [2.05, 4.69) is 10.3 Å². The Labute approximate surface area is 215 Å². The molecule has 0 spiro atoms. The van der Waals surface area contributed by atoms with E-state index in [1.54, 1.807) is 11.1 Å². The molecule has 4 rings (SSSR count). The zero-order valence-corrected chi connectivity index (χ0v) is 22.3. The molecule has 1 aromatic carbocycles. The van der Waals surface area contributed by atoms with Crippen molar-refractivity contribution in [1.82, 2.24) is 19.6 Å². The summed E-state index contributed by atoms with van der Waals surface area (Å²) >= 11 is 1.34. The SMILES string of the molecule is CC(C)(C)OC(=O)N(Cc1ccc2nc3sc(C(=O)NCCCCO)cn3c2c1)C[C@]1(C)CCCO1. The van der Waals surface area contributed by atoms with Crippen molar-refractivity contribution in [2.45, 2.75) is 71.1 Å². The number of rotatable bonds is 9. The topological polar surface area (TPSA) is 105 Å². The molecule has 0 saturated carbocycles. The molecule has 1 aliphatic heterocycles. The smallest absolute Gasteiger partial charge is 0.410 e. The standard InChI is InChI=1S/C26H36N4O5S/c1-25(2,3)35-24(33)29(17-26(4)10-7-13-34-26)15-18-8-9-19-20(14-18)30-16-21(36-23(30)28-19)22(32)27-11-5-6-12-31/h8-9,14,16,31H,5-7,10-13,15,17H2,1-4H3,(H,27,32)/t26-/m0/s1. The highest BCUT2D eigenvalue weighted by Crippen LogP contribution is 2.29. The number of thiazole rings is 1. The fourth-order valence-electron chi connectivity index (χ4n) is 4.38. The highest BCUT2D eigenvalue weighted by atomic mass is 32.1. The van der Waals surface area contributed by atoms with Gasteiger partial charge in [0.2, 0.25) is 0 Å². The van der Waals surface area contributed by atoms with Crippen molar-refractivity contribution in [3.63, 3.8) is 0 Å². The number of amides is 2. The number of aliphatic hydroxyl groups is 1. The Morgan fingerprint density at radius 2 is 2.14 bits per heavy atom. The summed E-state index contributed by atoms with van der Waals surface area (Å²) in [5.74, 6) is -0.145. The highest BCUT2D eigenvalue weighted by Gasteiger charge is 2.35. The van der Waals surface area contributed by atoms with Crippen molar-refractivity contribution >= 4 is 39.3 Å². The van der Waals surface area contributed by atoms with Crippen LogP contribution >= 0.6 is 11.3 Å². The van der Waals surface area contributed by atoms with Gasteiger partial charge in [0.15, 0.2) is 4.96 Å². The number of fused-ring (bicyclic) bond motifs is 3. The summed E-state index contributed by atoms with van der Waals surface area (Å²) in [5, 5.41) is 11.8. The van der Waals surface area contributed by atoms with Crippen LogP contribution in [0.1, 0.15) is 68.6 Å². The first-order chi connectivity index (χ1) is 17.1. The lowest BCUT2D eigenvalue weighted by Gasteiger charge is -2.33. The van der Waals surface area contributed by atoms with Gasteiger partial charge in [0, 0.05) is 32.5 Å². The number of hydrogen-bond donors (Lipinski definition) is 2. The summed E-state index contributed by atoms with van der Waals surface area (Å²) in [6.45, 7) is 9.80. The first-order valence-corrected chi connectivity index (χ1v) is 13.3. The van der Waals surface area contributed by atoms with E-state index in [-0.39, 0.29) is 18.6 Å². The molecule has 0 bridgehead atoms. The van der Waals surface area contributed by atoms with Gasteiger partial charge in [0.1, 0.15) is 10.5 Å². The molecule has 2 aromatic heterocycles. The molecule has 36 heavy (non-hydrogen) atoms. The number of hydrogen-bond acceptors (Lipinski definition) is 7. The van der Waals surface area contributed by atoms with Crippen molar-refractivity contribution < 1.29 is 24.2 Å². The Morgan fingerprint density at radius 1 is 1.33 bits per heavy atom. The Bertz CT molecular complexity index is 1220. The molecule has 1 fully saturated rings. The van der Waals surface area contributed by atoms with Crippen LogP contribution in [0, 0.1) is 0 Å². The number of ether oxygens (including phenoxy) is 2. The Balaban J connectivity index is 1.56. The second-order valence-electron chi connectivity index (χ2n) is 10.6. The summed E-state index contributed by atoms with van der Waals surface area (Å²) in [4.78, 5) is 33.3. The maximum absolute atomic E-state index is 13.1. The zero-order chi connectivity index (χ0) is 25.9. The molecule has 0 unspecified atom stereocenters. The molecule has 0 aliphatic carbocycles. The third-order valence-corrected chi connectivity index (χ3v) is 7.10. The third-order valence-electron chi connectivity index (χ3n) is 6.11. The highest BCUT2D eigenvalue weighted by molar-refractivity contribution is 7.18. The lowest BCUT2D eigenvalue weighted by atomic mass is 10.0. The maximum Gasteiger partial charge on any atom is 0.410 e. The van der Waals surface area contributed by atoms with E-state index in [1.165, 1.54) is 11.3 Å². The molecular formula is C26H36N4O5S. The van der Waals surface area contributed by atoms with Gasteiger partial charge in [-0.3, -0.25) is 9.20 Å². The Morgan fingerprint density at radius 3 is 2.83 bits per heavy atom. The van der Waals surface area contributed by atoms with Crippen LogP contribution in [0.4, 0.5) is 4.79 Å². The summed E-state index contributed by atoms with van der Waals surface area (Å²) in [6.07, 6.45) is 4.71. The minimum absolute atomic E-state index is 0.120. The van der Waals surface area contributed by atoms with Crippen molar-refractivity contribution in [2.24, 2.45) is 0 Å². The first kappa shape index (κ1) is 26.4. The third kappa shape index (κ3) is 6.35. The molecule has 2 amide bonds. The van der Waals surface area contributed by atoms with E-state index in [0.29, 0.717) is 37.5 Å². The number of carbonyl (C=O) groups is 2.